The molecule has 2 rings (SSSR count). The molecule has 1 saturated carbocycles. The zero-order valence-corrected chi connectivity index (χ0v) is 11.2. The molecular formula is C14H28N2O. The van der Waals surface area contributed by atoms with Crippen LogP contribution in [0.25, 0.3) is 0 Å². The summed E-state index contributed by atoms with van der Waals surface area (Å²) < 4.78 is 0. The van der Waals surface area contributed by atoms with Crippen LogP contribution in [0.2, 0.25) is 0 Å². The Kier molecular flexibility index (Phi) is 4.83. The van der Waals surface area contributed by atoms with Crippen LogP contribution in [-0.2, 0) is 0 Å². The lowest BCUT2D eigenvalue weighted by atomic mass is 9.78. The predicted molar refractivity (Wildman–Crippen MR) is 71.1 cm³/mol. The summed E-state index contributed by atoms with van der Waals surface area (Å²) in [6.45, 7) is 5.22. The van der Waals surface area contributed by atoms with Crippen LogP contribution in [0.5, 0.6) is 0 Å². The highest BCUT2D eigenvalue weighted by atomic mass is 16.3. The fraction of sp³-hybridized carbons (Fsp3) is 1.00. The molecule has 0 aromatic carbocycles. The lowest BCUT2D eigenvalue weighted by molar-refractivity contribution is -0.00871. The van der Waals surface area contributed by atoms with Crippen LogP contribution in [0.4, 0.5) is 0 Å². The van der Waals surface area contributed by atoms with Crippen molar-refractivity contribution in [2.24, 2.45) is 5.92 Å². The minimum absolute atomic E-state index is 0.426. The molecule has 0 bridgehead atoms. The van der Waals surface area contributed by atoms with E-state index in [1.807, 2.05) is 0 Å². The summed E-state index contributed by atoms with van der Waals surface area (Å²) in [6, 6.07) is 0.630. The van der Waals surface area contributed by atoms with E-state index >= 15 is 0 Å². The van der Waals surface area contributed by atoms with Gasteiger partial charge in [-0.15, -0.1) is 0 Å². The molecule has 0 aromatic rings. The van der Waals surface area contributed by atoms with Crippen molar-refractivity contribution in [1.29, 1.82) is 0 Å². The van der Waals surface area contributed by atoms with Crippen molar-refractivity contribution in [3.63, 3.8) is 0 Å². The monoisotopic (exact) mass is 240 g/mol. The Hall–Kier alpha value is -0.120. The maximum atomic E-state index is 10.5. The Morgan fingerprint density at radius 2 is 2.06 bits per heavy atom. The highest BCUT2D eigenvalue weighted by Crippen LogP contribution is 2.33. The minimum atomic E-state index is -0.426. The Balaban J connectivity index is 1.64. The molecule has 2 aliphatic rings. The second-order valence-electron chi connectivity index (χ2n) is 6.00. The molecule has 1 heterocycles. The van der Waals surface area contributed by atoms with Gasteiger partial charge in [-0.2, -0.15) is 0 Å². The highest BCUT2D eigenvalue weighted by molar-refractivity contribution is 4.88. The van der Waals surface area contributed by atoms with Gasteiger partial charge in [0.05, 0.1) is 5.60 Å². The molecule has 1 aliphatic carbocycles. The van der Waals surface area contributed by atoms with Gasteiger partial charge in [-0.1, -0.05) is 13.3 Å². The van der Waals surface area contributed by atoms with E-state index in [0.717, 1.165) is 38.4 Å². The first-order valence-corrected chi connectivity index (χ1v) is 7.38. The van der Waals surface area contributed by atoms with E-state index < -0.39 is 5.60 Å². The molecule has 0 aromatic heterocycles. The topological polar surface area (TPSA) is 44.3 Å². The van der Waals surface area contributed by atoms with Gasteiger partial charge in [0.1, 0.15) is 0 Å². The van der Waals surface area contributed by atoms with Gasteiger partial charge < -0.3 is 15.7 Å². The molecule has 3 N–H and O–H groups in total. The SMILES string of the molecule is CCC1CCC(O)(CNCC2CCCN2)CC1. The Morgan fingerprint density at radius 1 is 1.29 bits per heavy atom. The van der Waals surface area contributed by atoms with Gasteiger partial charge in [-0.25, -0.2) is 0 Å². The fourth-order valence-electron chi connectivity index (χ4n) is 3.21. The summed E-state index contributed by atoms with van der Waals surface area (Å²) in [6.07, 6.45) is 8.23. The smallest absolute Gasteiger partial charge is 0.0771 e. The summed E-state index contributed by atoms with van der Waals surface area (Å²) in [5.41, 5.74) is -0.426. The summed E-state index contributed by atoms with van der Waals surface area (Å²) in [4.78, 5) is 0. The van der Waals surface area contributed by atoms with E-state index in [4.69, 9.17) is 0 Å². The van der Waals surface area contributed by atoms with Crippen molar-refractivity contribution in [2.45, 2.75) is 63.5 Å². The first-order chi connectivity index (χ1) is 8.22. The standard InChI is InChI=1S/C14H28N2O/c1-2-12-5-7-14(17,8-6-12)11-15-10-13-4-3-9-16-13/h12-13,15-17H,2-11H2,1H3. The molecule has 0 spiro atoms. The normalized spacial score (nSPS) is 38.5. The van der Waals surface area contributed by atoms with Gasteiger partial charge >= 0.3 is 0 Å². The Labute approximate surface area is 105 Å². The summed E-state index contributed by atoms with van der Waals surface area (Å²) in [7, 11) is 0. The molecule has 2 fully saturated rings. The molecule has 0 radical (unpaired) electrons. The summed E-state index contributed by atoms with van der Waals surface area (Å²) in [5, 5.41) is 17.4. The second kappa shape index (κ2) is 6.17. The van der Waals surface area contributed by atoms with Crippen LogP contribution in [0.15, 0.2) is 0 Å². The van der Waals surface area contributed by atoms with Crippen LogP contribution in [-0.4, -0.2) is 36.4 Å². The minimum Gasteiger partial charge on any atom is -0.389 e. The molecule has 1 aliphatic heterocycles. The van der Waals surface area contributed by atoms with Crippen LogP contribution in [0.1, 0.15) is 51.9 Å². The first-order valence-electron chi connectivity index (χ1n) is 7.38. The van der Waals surface area contributed by atoms with E-state index in [0.29, 0.717) is 6.04 Å². The molecule has 17 heavy (non-hydrogen) atoms. The molecule has 3 nitrogen and oxygen atoms in total. The zero-order valence-electron chi connectivity index (χ0n) is 11.2. The van der Waals surface area contributed by atoms with E-state index in [1.165, 1.54) is 32.1 Å². The quantitative estimate of drug-likeness (QED) is 0.685. The fourth-order valence-corrected chi connectivity index (χ4v) is 3.21. The van der Waals surface area contributed by atoms with E-state index in [9.17, 15) is 5.11 Å². The largest absolute Gasteiger partial charge is 0.389 e. The van der Waals surface area contributed by atoms with Crippen LogP contribution in [0.3, 0.4) is 0 Å². The third-order valence-electron chi connectivity index (χ3n) is 4.62. The molecule has 3 heteroatoms. The van der Waals surface area contributed by atoms with Crippen molar-refractivity contribution >= 4 is 0 Å². The summed E-state index contributed by atoms with van der Waals surface area (Å²) in [5.74, 6) is 0.853. The van der Waals surface area contributed by atoms with Gasteiger partial charge in [-0.05, 0) is 51.0 Å². The Morgan fingerprint density at radius 3 is 2.65 bits per heavy atom. The number of hydrogen-bond donors (Lipinski definition) is 3. The third-order valence-corrected chi connectivity index (χ3v) is 4.62. The van der Waals surface area contributed by atoms with Gasteiger partial charge in [0.15, 0.2) is 0 Å². The van der Waals surface area contributed by atoms with Crippen LogP contribution < -0.4 is 10.6 Å². The highest BCUT2D eigenvalue weighted by Gasteiger charge is 2.32. The number of hydrogen-bond acceptors (Lipinski definition) is 3. The van der Waals surface area contributed by atoms with Crippen molar-refractivity contribution in [2.75, 3.05) is 19.6 Å². The number of nitrogens with one attached hydrogen (secondary N) is 2. The molecule has 1 saturated heterocycles. The first kappa shape index (κ1) is 13.3. The van der Waals surface area contributed by atoms with Gasteiger partial charge in [0.2, 0.25) is 0 Å². The van der Waals surface area contributed by atoms with Gasteiger partial charge in [-0.3, -0.25) is 0 Å². The van der Waals surface area contributed by atoms with E-state index in [1.54, 1.807) is 0 Å². The lowest BCUT2D eigenvalue weighted by Crippen LogP contribution is -2.46. The molecule has 1 atom stereocenters. The van der Waals surface area contributed by atoms with Gasteiger partial charge in [0.25, 0.3) is 0 Å². The van der Waals surface area contributed by atoms with Crippen LogP contribution >= 0.6 is 0 Å². The molecule has 0 amide bonds. The second-order valence-corrected chi connectivity index (χ2v) is 6.00. The average Bonchev–Trinajstić information content (AvgIpc) is 2.83. The maximum Gasteiger partial charge on any atom is 0.0771 e. The predicted octanol–water partition coefficient (Wildman–Crippen LogP) is 1.66. The Bertz CT molecular complexity index is 218. The zero-order chi connectivity index (χ0) is 12.1. The van der Waals surface area contributed by atoms with Crippen molar-refractivity contribution < 1.29 is 5.11 Å². The lowest BCUT2D eigenvalue weighted by Gasteiger charge is -2.36. The number of rotatable bonds is 5. The van der Waals surface area contributed by atoms with E-state index in [2.05, 4.69) is 17.6 Å². The third kappa shape index (κ3) is 3.94. The number of aliphatic hydroxyl groups is 1. The molecule has 100 valence electrons. The van der Waals surface area contributed by atoms with E-state index in [-0.39, 0.29) is 0 Å². The molecular weight excluding hydrogens is 212 g/mol. The maximum absolute atomic E-state index is 10.5. The van der Waals surface area contributed by atoms with Gasteiger partial charge in [0, 0.05) is 19.1 Å². The van der Waals surface area contributed by atoms with Crippen molar-refractivity contribution in [3.05, 3.63) is 0 Å². The average molecular weight is 240 g/mol. The molecule has 1 unspecified atom stereocenters. The van der Waals surface area contributed by atoms with Crippen molar-refractivity contribution in [3.8, 4) is 0 Å². The van der Waals surface area contributed by atoms with Crippen LogP contribution in [0, 0.1) is 5.92 Å². The van der Waals surface area contributed by atoms with Crippen molar-refractivity contribution in [1.82, 2.24) is 10.6 Å². The summed E-state index contributed by atoms with van der Waals surface area (Å²) >= 11 is 0.